The number of alkyl halides is 3. The van der Waals surface area contributed by atoms with Crippen LogP contribution < -0.4 is 19.3 Å². The molecule has 5 heterocycles. The number of aromatic nitrogens is 4. The molecule has 49 heavy (non-hydrogen) atoms. The Morgan fingerprint density at radius 2 is 1.90 bits per heavy atom. The van der Waals surface area contributed by atoms with E-state index in [-0.39, 0.29) is 61.4 Å². The van der Waals surface area contributed by atoms with Crippen LogP contribution in [0.25, 0.3) is 5.82 Å². The summed E-state index contributed by atoms with van der Waals surface area (Å²) in [6.07, 6.45) is -1.56. The van der Waals surface area contributed by atoms with Gasteiger partial charge in [0.25, 0.3) is 15.9 Å². The number of sulfonamides is 1. The number of aliphatic hydroxyl groups excluding tert-OH is 2. The van der Waals surface area contributed by atoms with Gasteiger partial charge >= 0.3 is 6.18 Å². The molecule has 1 aliphatic carbocycles. The van der Waals surface area contributed by atoms with E-state index in [1.54, 1.807) is 17.2 Å². The molecule has 13 nitrogen and oxygen atoms in total. The van der Waals surface area contributed by atoms with Crippen molar-refractivity contribution in [2.24, 2.45) is 11.3 Å². The summed E-state index contributed by atoms with van der Waals surface area (Å²) in [5.41, 5.74) is -2.14. The minimum absolute atomic E-state index is 0.0188. The van der Waals surface area contributed by atoms with Crippen LogP contribution in [0.2, 0.25) is 0 Å². The van der Waals surface area contributed by atoms with E-state index in [0.29, 0.717) is 25.3 Å². The van der Waals surface area contributed by atoms with Crippen molar-refractivity contribution < 1.29 is 41.3 Å². The number of halogens is 3. The Bertz CT molecular complexity index is 1800. The van der Waals surface area contributed by atoms with Crippen molar-refractivity contribution in [2.75, 3.05) is 42.6 Å². The smallest absolute Gasteiger partial charge is 0.394 e. The number of carbonyl (C=O) groups is 1. The summed E-state index contributed by atoms with van der Waals surface area (Å²) >= 11 is 0. The van der Waals surface area contributed by atoms with E-state index >= 15 is 0 Å². The van der Waals surface area contributed by atoms with Crippen molar-refractivity contribution in [1.82, 2.24) is 24.5 Å². The first-order valence-corrected chi connectivity index (χ1v) is 17.7. The minimum Gasteiger partial charge on any atom is -0.477 e. The number of ether oxygens (including phenoxy) is 1. The Hall–Kier alpha value is -3.96. The monoisotopic (exact) mass is 707 g/mol. The lowest BCUT2D eigenvalue weighted by Gasteiger charge is -2.34. The number of fused-ring (bicyclic) bond motifs is 6. The first-order chi connectivity index (χ1) is 23.1. The molecule has 0 spiro atoms. The first kappa shape index (κ1) is 34.9. The molecule has 3 aliphatic rings. The number of aliphatic hydroxyl groups is 2. The van der Waals surface area contributed by atoms with Crippen molar-refractivity contribution in [1.29, 1.82) is 0 Å². The summed E-state index contributed by atoms with van der Waals surface area (Å²) in [5.74, 6) is 0.226. The van der Waals surface area contributed by atoms with Crippen molar-refractivity contribution in [3.05, 3.63) is 48.2 Å². The van der Waals surface area contributed by atoms with Crippen LogP contribution in [-0.4, -0.2) is 95.0 Å². The van der Waals surface area contributed by atoms with Crippen molar-refractivity contribution in [3.8, 4) is 11.7 Å². The number of rotatable bonds is 8. The van der Waals surface area contributed by atoms with E-state index in [2.05, 4.69) is 14.8 Å². The number of hydrogen-bond acceptors (Lipinski definition) is 11. The van der Waals surface area contributed by atoms with Gasteiger partial charge in [-0.3, -0.25) is 4.79 Å². The van der Waals surface area contributed by atoms with Crippen LogP contribution in [0.3, 0.4) is 0 Å². The summed E-state index contributed by atoms with van der Waals surface area (Å²) in [6.45, 7) is 4.42. The molecule has 0 aromatic carbocycles. The minimum atomic E-state index is -4.45. The number of carbonyl (C=O) groups excluding carboxylic acids is 1. The van der Waals surface area contributed by atoms with Crippen molar-refractivity contribution >= 4 is 27.6 Å². The van der Waals surface area contributed by atoms with Crippen LogP contribution in [0.15, 0.2) is 47.6 Å². The van der Waals surface area contributed by atoms with Gasteiger partial charge in [-0.2, -0.15) is 21.6 Å². The number of anilines is 2. The molecule has 0 unspecified atom stereocenters. The molecule has 2 aliphatic heterocycles. The number of hydrogen-bond donors (Lipinski definition) is 3. The molecule has 266 valence electrons. The average molecular weight is 708 g/mol. The number of nitrogens with one attached hydrogen (secondary N) is 1. The third kappa shape index (κ3) is 7.33. The lowest BCUT2D eigenvalue weighted by molar-refractivity contribution is -0.190. The van der Waals surface area contributed by atoms with Gasteiger partial charge < -0.3 is 24.7 Å². The number of β-amino-alcohol motifs (C(OH)–C–C–N with tert-alkyl or cyclic N) is 1. The fraction of sp³-hybridized carbons (Fsp3) is 0.562. The van der Waals surface area contributed by atoms with Gasteiger partial charge in [-0.1, -0.05) is 6.07 Å². The SMILES string of the molecule is CC1(C)C[C@@H]2CCCN(C[C@@H](O)CO)c3cccc(n3)S(=O)(=O)NC(=O)c3ccc(-n4ccc(OCCC5(C(F)(F)F)CC5)n4)nc3N1C2. The summed E-state index contributed by atoms with van der Waals surface area (Å²) in [5, 5.41) is 23.6. The fourth-order valence-electron chi connectivity index (χ4n) is 6.73. The third-order valence-corrected chi connectivity index (χ3v) is 10.9. The molecule has 1 amide bonds. The van der Waals surface area contributed by atoms with Gasteiger partial charge in [0.05, 0.1) is 30.3 Å². The second-order valence-corrected chi connectivity index (χ2v) is 15.3. The largest absolute Gasteiger partial charge is 0.477 e. The lowest BCUT2D eigenvalue weighted by Crippen LogP contribution is -2.41. The van der Waals surface area contributed by atoms with E-state index in [4.69, 9.17) is 9.72 Å². The molecule has 6 rings (SSSR count). The summed E-state index contributed by atoms with van der Waals surface area (Å²) in [4.78, 5) is 26.5. The van der Waals surface area contributed by atoms with E-state index in [1.807, 2.05) is 18.7 Å². The Balaban J connectivity index is 1.30. The van der Waals surface area contributed by atoms with Crippen LogP contribution in [0.4, 0.5) is 24.8 Å². The van der Waals surface area contributed by atoms with Gasteiger partial charge in [-0.15, -0.1) is 5.10 Å². The van der Waals surface area contributed by atoms with Crippen LogP contribution in [0.1, 0.15) is 62.7 Å². The molecule has 4 bridgehead atoms. The Kier molecular flexibility index (Phi) is 9.30. The van der Waals surface area contributed by atoms with Crippen LogP contribution in [-0.2, 0) is 10.0 Å². The highest BCUT2D eigenvalue weighted by Crippen LogP contribution is 2.59. The normalized spacial score (nSPS) is 22.0. The Morgan fingerprint density at radius 3 is 2.61 bits per heavy atom. The highest BCUT2D eigenvalue weighted by atomic mass is 32.2. The van der Waals surface area contributed by atoms with Crippen LogP contribution in [0.5, 0.6) is 5.88 Å². The number of pyridine rings is 2. The number of amides is 1. The van der Waals surface area contributed by atoms with E-state index in [1.165, 1.54) is 35.0 Å². The van der Waals surface area contributed by atoms with E-state index < -0.39 is 50.8 Å². The second kappa shape index (κ2) is 13.1. The molecule has 3 aromatic rings. The average Bonchev–Trinajstić information content (AvgIpc) is 3.60. The quantitative estimate of drug-likeness (QED) is 0.314. The lowest BCUT2D eigenvalue weighted by atomic mass is 9.93. The molecule has 0 radical (unpaired) electrons. The van der Waals surface area contributed by atoms with Crippen molar-refractivity contribution in [3.63, 3.8) is 0 Å². The highest BCUT2D eigenvalue weighted by molar-refractivity contribution is 7.90. The maximum atomic E-state index is 13.7. The molecule has 2 fully saturated rings. The molecule has 1 saturated heterocycles. The van der Waals surface area contributed by atoms with Gasteiger partial charge in [0.2, 0.25) is 5.88 Å². The molecule has 17 heteroatoms. The van der Waals surface area contributed by atoms with Gasteiger partial charge in [0, 0.05) is 37.4 Å². The summed E-state index contributed by atoms with van der Waals surface area (Å²) < 4.78 is 76.0. The Labute approximate surface area is 282 Å². The van der Waals surface area contributed by atoms with Gasteiger partial charge in [0.15, 0.2) is 10.8 Å². The number of nitrogens with zero attached hydrogens (tertiary/aromatic N) is 6. The topological polar surface area (TPSA) is 163 Å². The molecular weight excluding hydrogens is 667 g/mol. The highest BCUT2D eigenvalue weighted by Gasteiger charge is 2.62. The molecule has 1 saturated carbocycles. The zero-order valence-electron chi connectivity index (χ0n) is 27.2. The summed E-state index contributed by atoms with van der Waals surface area (Å²) in [6, 6.07) is 8.86. The standard InChI is InChI=1S/C32H40F3N7O6S/c1-30(2)17-21-5-4-14-40(19-22(44)20-43)24-6-3-7-27(36-24)49(46,47)39-29(45)23-8-9-25(37-28(23)41(30)18-21)42-15-10-26(38-42)48-16-13-31(11-12-31)32(33,34)35/h3,6-10,15,21-22,43-44H,4-5,11-14,16-20H2,1-2H3,(H,39,45)/t21-,22+/m0/s1. The molecule has 3 aromatic heterocycles. The summed E-state index contributed by atoms with van der Waals surface area (Å²) in [7, 11) is -4.45. The van der Waals surface area contributed by atoms with Gasteiger partial charge in [0.1, 0.15) is 11.6 Å². The molecular formula is C32H40F3N7O6S. The van der Waals surface area contributed by atoms with Crippen LogP contribution in [0, 0.1) is 11.3 Å². The second-order valence-electron chi connectivity index (χ2n) is 13.7. The van der Waals surface area contributed by atoms with Gasteiger partial charge in [-0.25, -0.2) is 19.4 Å². The maximum Gasteiger partial charge on any atom is 0.394 e. The third-order valence-electron chi connectivity index (χ3n) is 9.62. The van der Waals surface area contributed by atoms with E-state index in [0.717, 1.165) is 12.8 Å². The maximum absolute atomic E-state index is 13.7. The zero-order chi connectivity index (χ0) is 35.2. The predicted molar refractivity (Wildman–Crippen MR) is 172 cm³/mol. The fourth-order valence-corrected chi connectivity index (χ4v) is 7.66. The molecule has 2 atom stereocenters. The van der Waals surface area contributed by atoms with Gasteiger partial charge in [-0.05, 0) is 82.6 Å². The first-order valence-electron chi connectivity index (χ1n) is 16.2. The van der Waals surface area contributed by atoms with E-state index in [9.17, 15) is 36.6 Å². The molecule has 3 N–H and O–H groups in total. The zero-order valence-corrected chi connectivity index (χ0v) is 28.0. The van der Waals surface area contributed by atoms with Crippen molar-refractivity contribution in [2.45, 2.75) is 75.2 Å². The Morgan fingerprint density at radius 1 is 1.12 bits per heavy atom. The van der Waals surface area contributed by atoms with Crippen LogP contribution >= 0.6 is 0 Å². The predicted octanol–water partition coefficient (Wildman–Crippen LogP) is 3.45.